The van der Waals surface area contributed by atoms with Crippen molar-refractivity contribution in [3.63, 3.8) is 0 Å². The summed E-state index contributed by atoms with van der Waals surface area (Å²) >= 11 is 6.17. The van der Waals surface area contributed by atoms with Gasteiger partial charge in [0.25, 0.3) is 0 Å². The normalized spacial score (nSPS) is 22.6. The van der Waals surface area contributed by atoms with Crippen molar-refractivity contribution in [3.05, 3.63) is 34.9 Å². The lowest BCUT2D eigenvalue weighted by Gasteiger charge is -2.32. The monoisotopic (exact) mass is 364 g/mol. The van der Waals surface area contributed by atoms with E-state index < -0.39 is 6.09 Å². The Labute approximate surface area is 153 Å². The minimum Gasteiger partial charge on any atom is -0.465 e. The van der Waals surface area contributed by atoms with Gasteiger partial charge in [-0.1, -0.05) is 43.0 Å². The van der Waals surface area contributed by atoms with Gasteiger partial charge in [0.1, 0.15) is 0 Å². The van der Waals surface area contributed by atoms with Gasteiger partial charge in [0.05, 0.1) is 12.0 Å². The molecule has 2 amide bonds. The Morgan fingerprint density at radius 2 is 1.96 bits per heavy atom. The number of benzene rings is 1. The molecule has 1 unspecified atom stereocenters. The predicted octanol–water partition coefficient (Wildman–Crippen LogP) is 3.87. The smallest absolute Gasteiger partial charge is 0.404 e. The third-order valence-electron chi connectivity index (χ3n) is 5.42. The highest BCUT2D eigenvalue weighted by atomic mass is 35.5. The minimum absolute atomic E-state index is 0.115. The summed E-state index contributed by atoms with van der Waals surface area (Å²) in [6.45, 7) is 1.06. The first-order valence-corrected chi connectivity index (χ1v) is 9.46. The van der Waals surface area contributed by atoms with Gasteiger partial charge in [-0.15, -0.1) is 0 Å². The number of halogens is 1. The first kappa shape index (κ1) is 18.1. The lowest BCUT2D eigenvalue weighted by atomic mass is 9.76. The topological polar surface area (TPSA) is 69.6 Å². The van der Waals surface area contributed by atoms with E-state index in [0.717, 1.165) is 31.2 Å². The van der Waals surface area contributed by atoms with Crippen LogP contribution >= 0.6 is 11.6 Å². The molecule has 1 heterocycles. The molecule has 1 aromatic rings. The van der Waals surface area contributed by atoms with Crippen LogP contribution in [0.3, 0.4) is 0 Å². The fourth-order valence-electron chi connectivity index (χ4n) is 4.23. The summed E-state index contributed by atoms with van der Waals surface area (Å²) < 4.78 is 0. The predicted molar refractivity (Wildman–Crippen MR) is 96.9 cm³/mol. The second-order valence-corrected chi connectivity index (χ2v) is 7.59. The minimum atomic E-state index is -1.03. The molecule has 6 heteroatoms. The van der Waals surface area contributed by atoms with E-state index in [1.165, 1.54) is 6.42 Å². The Morgan fingerprint density at radius 1 is 1.20 bits per heavy atom. The van der Waals surface area contributed by atoms with E-state index in [2.05, 4.69) is 5.32 Å². The van der Waals surface area contributed by atoms with Crippen LogP contribution in [0.5, 0.6) is 0 Å². The molecule has 1 aromatic carbocycles. The molecule has 1 saturated carbocycles. The van der Waals surface area contributed by atoms with Crippen LogP contribution in [0.25, 0.3) is 0 Å². The van der Waals surface area contributed by atoms with Crippen LogP contribution < -0.4 is 5.32 Å². The van der Waals surface area contributed by atoms with Gasteiger partial charge in [-0.3, -0.25) is 4.79 Å². The summed E-state index contributed by atoms with van der Waals surface area (Å²) in [5.41, 5.74) is 0.985. The molecule has 1 aliphatic carbocycles. The molecule has 2 N–H and O–H groups in total. The quantitative estimate of drug-likeness (QED) is 0.851. The van der Waals surface area contributed by atoms with Crippen LogP contribution in [0.15, 0.2) is 24.3 Å². The number of hydrogen-bond donors (Lipinski definition) is 2. The number of rotatable bonds is 4. The number of hydrogen-bond acceptors (Lipinski definition) is 2. The zero-order valence-corrected chi connectivity index (χ0v) is 15.0. The number of nitrogens with zero attached hydrogens (tertiary/aromatic N) is 1. The van der Waals surface area contributed by atoms with Gasteiger partial charge in [-0.2, -0.15) is 0 Å². The number of amides is 2. The van der Waals surface area contributed by atoms with Gasteiger partial charge < -0.3 is 15.3 Å². The second kappa shape index (κ2) is 8.09. The zero-order valence-electron chi connectivity index (χ0n) is 14.3. The average molecular weight is 365 g/mol. The molecule has 0 bridgehead atoms. The molecular weight excluding hydrogens is 340 g/mol. The highest BCUT2D eigenvalue weighted by molar-refractivity contribution is 6.30. The number of carbonyl (C=O) groups is 2. The SMILES string of the molecule is O=C(O)N[C@H]1CCN(C(=O)C(c2cccc(Cl)c2)C2CCCCC2)C1. The number of carboxylic acid groups (broad SMARTS) is 1. The van der Waals surface area contributed by atoms with Crippen LogP contribution in [0, 0.1) is 5.92 Å². The molecule has 2 atom stereocenters. The van der Waals surface area contributed by atoms with Crippen LogP contribution in [0.2, 0.25) is 5.02 Å². The highest BCUT2D eigenvalue weighted by Gasteiger charge is 2.37. The van der Waals surface area contributed by atoms with Crippen molar-refractivity contribution in [3.8, 4) is 0 Å². The second-order valence-electron chi connectivity index (χ2n) is 7.15. The van der Waals surface area contributed by atoms with Gasteiger partial charge in [0, 0.05) is 18.1 Å². The molecule has 5 nitrogen and oxygen atoms in total. The molecule has 136 valence electrons. The molecule has 25 heavy (non-hydrogen) atoms. The van der Waals surface area contributed by atoms with Crippen molar-refractivity contribution in [2.24, 2.45) is 5.92 Å². The molecule has 1 saturated heterocycles. The number of nitrogens with one attached hydrogen (secondary N) is 1. The molecule has 1 aliphatic heterocycles. The van der Waals surface area contributed by atoms with Crippen LogP contribution in [0.1, 0.15) is 50.0 Å². The summed E-state index contributed by atoms with van der Waals surface area (Å²) in [4.78, 5) is 26.0. The van der Waals surface area contributed by atoms with Gasteiger partial charge in [0.2, 0.25) is 5.91 Å². The van der Waals surface area contributed by atoms with Gasteiger partial charge in [0.15, 0.2) is 0 Å². The molecule has 2 fully saturated rings. The Balaban J connectivity index is 1.79. The van der Waals surface area contributed by atoms with Crippen molar-refractivity contribution in [1.29, 1.82) is 0 Å². The lowest BCUT2D eigenvalue weighted by Crippen LogP contribution is -2.40. The molecule has 0 aromatic heterocycles. The fraction of sp³-hybridized carbons (Fsp3) is 0.579. The maximum atomic E-state index is 13.3. The fourth-order valence-corrected chi connectivity index (χ4v) is 4.43. The Bertz CT molecular complexity index is 631. The van der Waals surface area contributed by atoms with E-state index in [9.17, 15) is 9.59 Å². The third-order valence-corrected chi connectivity index (χ3v) is 5.66. The van der Waals surface area contributed by atoms with Crippen molar-refractivity contribution >= 4 is 23.6 Å². The molecule has 0 radical (unpaired) electrons. The van der Waals surface area contributed by atoms with Gasteiger partial charge >= 0.3 is 6.09 Å². The summed E-state index contributed by atoms with van der Waals surface area (Å²) in [7, 11) is 0. The van der Waals surface area contributed by atoms with Crippen molar-refractivity contribution in [2.75, 3.05) is 13.1 Å². The van der Waals surface area contributed by atoms with Crippen LogP contribution in [0.4, 0.5) is 4.79 Å². The molecule has 0 spiro atoms. The van der Waals surface area contributed by atoms with E-state index in [1.807, 2.05) is 29.2 Å². The summed E-state index contributed by atoms with van der Waals surface area (Å²) in [6.07, 6.45) is 5.34. The summed E-state index contributed by atoms with van der Waals surface area (Å²) in [5, 5.41) is 12.0. The van der Waals surface area contributed by atoms with Crippen molar-refractivity contribution < 1.29 is 14.7 Å². The summed E-state index contributed by atoms with van der Waals surface area (Å²) in [6, 6.07) is 7.46. The zero-order chi connectivity index (χ0) is 17.8. The van der Waals surface area contributed by atoms with E-state index >= 15 is 0 Å². The van der Waals surface area contributed by atoms with E-state index in [-0.39, 0.29) is 17.9 Å². The first-order chi connectivity index (χ1) is 12.0. The molecule has 3 rings (SSSR count). The van der Waals surface area contributed by atoms with Crippen LogP contribution in [-0.2, 0) is 4.79 Å². The number of likely N-dealkylation sites (tertiary alicyclic amines) is 1. The van der Waals surface area contributed by atoms with Gasteiger partial charge in [-0.25, -0.2) is 4.79 Å². The van der Waals surface area contributed by atoms with E-state index in [0.29, 0.717) is 30.5 Å². The maximum Gasteiger partial charge on any atom is 0.404 e. The van der Waals surface area contributed by atoms with E-state index in [1.54, 1.807) is 0 Å². The molecule has 2 aliphatic rings. The van der Waals surface area contributed by atoms with Crippen molar-refractivity contribution in [1.82, 2.24) is 10.2 Å². The Kier molecular flexibility index (Phi) is 5.84. The lowest BCUT2D eigenvalue weighted by molar-refractivity contribution is -0.133. The standard InChI is InChI=1S/C19H25ClN2O3/c20-15-8-4-7-14(11-15)17(13-5-2-1-3-6-13)18(23)22-10-9-16(12-22)21-19(24)25/h4,7-8,11,13,16-17,21H,1-3,5-6,9-10,12H2,(H,24,25)/t16-,17?/m0/s1. The highest BCUT2D eigenvalue weighted by Crippen LogP contribution is 2.38. The summed E-state index contributed by atoms with van der Waals surface area (Å²) in [5.74, 6) is 0.276. The molecular formula is C19H25ClN2O3. The largest absolute Gasteiger partial charge is 0.465 e. The van der Waals surface area contributed by atoms with Crippen molar-refractivity contribution in [2.45, 2.75) is 50.5 Å². The maximum absolute atomic E-state index is 13.3. The van der Waals surface area contributed by atoms with E-state index in [4.69, 9.17) is 16.7 Å². The Morgan fingerprint density at radius 3 is 2.64 bits per heavy atom. The Hall–Kier alpha value is -1.75. The number of carbonyl (C=O) groups excluding carboxylic acids is 1. The van der Waals surface area contributed by atoms with Crippen LogP contribution in [-0.4, -0.2) is 41.1 Å². The average Bonchev–Trinajstić information content (AvgIpc) is 3.04. The third kappa shape index (κ3) is 4.46. The first-order valence-electron chi connectivity index (χ1n) is 9.08. The van der Waals surface area contributed by atoms with Gasteiger partial charge in [-0.05, 0) is 42.9 Å².